The molecule has 0 aliphatic heterocycles. The summed E-state index contributed by atoms with van der Waals surface area (Å²) in [6.07, 6.45) is 7.52. The Balaban J connectivity index is 1.21. The topological polar surface area (TPSA) is 209 Å². The summed E-state index contributed by atoms with van der Waals surface area (Å²) < 4.78 is 119. The molecule has 6 N–H and O–H groups in total. The largest absolute Gasteiger partial charge is 0.317 e. The van der Waals surface area contributed by atoms with Crippen LogP contribution < -0.4 is 31.3 Å². The molecule has 0 saturated heterocycles. The molecule has 18 heteroatoms. The van der Waals surface area contributed by atoms with Crippen molar-refractivity contribution in [1.29, 1.82) is 0 Å². The van der Waals surface area contributed by atoms with Crippen LogP contribution in [0.5, 0.6) is 0 Å². The van der Waals surface area contributed by atoms with Gasteiger partial charge < -0.3 is 26.6 Å². The molecule has 4 aromatic rings. The first-order valence-corrected chi connectivity index (χ1v) is 32.3. The Hall–Kier alpha value is -3.56. The molecule has 4 rings (SSSR count). The van der Waals surface area contributed by atoms with Gasteiger partial charge >= 0.3 is 0 Å². The first-order chi connectivity index (χ1) is 34.7. The van der Waals surface area contributed by atoms with Crippen molar-refractivity contribution in [2.24, 2.45) is 0 Å². The van der Waals surface area contributed by atoms with Crippen LogP contribution in [0.25, 0.3) is 0 Å². The van der Waals surface area contributed by atoms with Crippen LogP contribution in [0.3, 0.4) is 0 Å². The van der Waals surface area contributed by atoms with Crippen LogP contribution >= 0.6 is 0 Å². The van der Waals surface area contributed by atoms with Gasteiger partial charge in [-0.05, 0) is 231 Å². The predicted molar refractivity (Wildman–Crippen MR) is 303 cm³/mol. The fourth-order valence-electron chi connectivity index (χ4n) is 10.6. The highest BCUT2D eigenvalue weighted by Crippen LogP contribution is 2.47. The normalized spacial score (nSPS) is 12.8. The lowest BCUT2D eigenvalue weighted by atomic mass is 10.1. The van der Waals surface area contributed by atoms with Gasteiger partial charge in [-0.1, -0.05) is 70.8 Å². The fourth-order valence-corrected chi connectivity index (χ4v) is 21.8. The van der Waals surface area contributed by atoms with E-state index in [1.807, 2.05) is 53.7 Å². The summed E-state index contributed by atoms with van der Waals surface area (Å²) >= 11 is 0. The van der Waals surface area contributed by atoms with E-state index in [0.717, 1.165) is 111 Å². The minimum Gasteiger partial charge on any atom is -0.317 e. The van der Waals surface area contributed by atoms with Crippen LogP contribution in [0.2, 0.25) is 0 Å². The Kier molecular flexibility index (Phi) is 24.0. The van der Waals surface area contributed by atoms with Gasteiger partial charge in [-0.25, -0.2) is 38.4 Å². The molecule has 0 aliphatic rings. The van der Waals surface area contributed by atoms with Crippen molar-refractivity contribution in [1.82, 2.24) is 31.3 Å². The lowest BCUT2D eigenvalue weighted by molar-refractivity contribution is 0.522. The molecule has 74 heavy (non-hydrogen) atoms. The zero-order chi connectivity index (χ0) is 55.1. The van der Waals surface area contributed by atoms with Gasteiger partial charge in [-0.2, -0.15) is 0 Å². The third kappa shape index (κ3) is 15.6. The third-order valence-corrected chi connectivity index (χ3v) is 25.6. The van der Waals surface area contributed by atoms with Gasteiger partial charge in [0.25, 0.3) is 3.41 Å². The van der Waals surface area contributed by atoms with Crippen LogP contribution in [-0.4, -0.2) is 109 Å². The van der Waals surface area contributed by atoms with Crippen LogP contribution in [0.4, 0.5) is 0 Å². The summed E-state index contributed by atoms with van der Waals surface area (Å²) in [5.74, 6) is 0. The lowest BCUT2D eigenvalue weighted by Crippen LogP contribution is -2.59. The molecule has 0 bridgehead atoms. The highest BCUT2D eigenvalue weighted by atomic mass is 32.3. The first kappa shape index (κ1) is 63.0. The van der Waals surface area contributed by atoms with Gasteiger partial charge in [-0.15, -0.1) is 0 Å². The molecular formula is C56H88N6O8S4. The summed E-state index contributed by atoms with van der Waals surface area (Å²) in [6.45, 7) is 27.0. The number of unbranched alkanes of at least 4 members (excludes halogenated alkanes) is 4. The van der Waals surface area contributed by atoms with E-state index in [-0.39, 0.29) is 54.6 Å². The smallest absolute Gasteiger partial charge is 0.297 e. The fraction of sp³-hybridized carbons (Fsp3) is 0.571. The molecule has 4 aromatic carbocycles. The van der Waals surface area contributed by atoms with E-state index < -0.39 is 49.5 Å². The molecule has 0 aromatic heterocycles. The van der Waals surface area contributed by atoms with Gasteiger partial charge in [0.05, 0.1) is 19.6 Å². The molecule has 0 radical (unpaired) electrons. The second-order valence-electron chi connectivity index (χ2n) is 20.5. The van der Waals surface area contributed by atoms with Gasteiger partial charge in [0.1, 0.15) is 0 Å². The lowest BCUT2D eigenvalue weighted by Gasteiger charge is -2.35. The van der Waals surface area contributed by atoms with Gasteiger partial charge in [-0.3, -0.25) is 0 Å². The predicted octanol–water partition coefficient (Wildman–Crippen LogP) is 7.81. The number of hydrogen-bond donors (Lipinski definition) is 6. The van der Waals surface area contributed by atoms with E-state index in [2.05, 4.69) is 31.3 Å². The number of sulfone groups is 3. The average Bonchev–Trinajstić information content (AvgIpc) is 3.25. The van der Waals surface area contributed by atoms with Crippen LogP contribution in [0, 0.1) is 83.1 Å². The number of hydrogen-bond acceptors (Lipinski definition) is 13. The molecule has 414 valence electrons. The number of aryl methyl sites for hydroxylation is 12. The van der Waals surface area contributed by atoms with Gasteiger partial charge in [0.15, 0.2) is 0 Å². The monoisotopic (exact) mass is 1100 g/mol. The molecule has 0 amide bonds. The van der Waals surface area contributed by atoms with E-state index in [1.165, 1.54) is 0 Å². The van der Waals surface area contributed by atoms with E-state index in [9.17, 15) is 8.42 Å². The average molecular weight is 1100 g/mol. The van der Waals surface area contributed by atoms with Crippen LogP contribution in [0.15, 0.2) is 68.1 Å². The number of sulfonamides is 1. The molecule has 14 nitrogen and oxygen atoms in total. The molecule has 0 atom stereocenters. The minimum absolute atomic E-state index is 0.190. The highest BCUT2D eigenvalue weighted by molar-refractivity contribution is 8.26. The number of rotatable bonds is 33. The van der Waals surface area contributed by atoms with E-state index in [0.29, 0.717) is 37.4 Å². The molecule has 0 heterocycles. The summed E-state index contributed by atoms with van der Waals surface area (Å²) in [7, 11) is -19.3. The summed E-state index contributed by atoms with van der Waals surface area (Å²) in [4.78, 5) is -0.523. The molecule has 0 fully saturated rings. The minimum atomic E-state index is -5.25. The summed E-state index contributed by atoms with van der Waals surface area (Å²) in [6, 6.07) is 13.7. The van der Waals surface area contributed by atoms with Gasteiger partial charge in [0.2, 0.25) is 39.5 Å². The zero-order valence-electron chi connectivity index (χ0n) is 46.5. The zero-order valence-corrected chi connectivity index (χ0v) is 49.7. The Labute approximate surface area is 446 Å². The maximum atomic E-state index is 15.7. The Morgan fingerprint density at radius 2 is 0.514 bits per heavy atom. The van der Waals surface area contributed by atoms with Crippen molar-refractivity contribution in [3.8, 4) is 0 Å². The van der Waals surface area contributed by atoms with Gasteiger partial charge in [0, 0.05) is 19.6 Å². The maximum Gasteiger partial charge on any atom is 0.297 e. The van der Waals surface area contributed by atoms with Crippen LogP contribution in [-0.2, 0) is 39.5 Å². The van der Waals surface area contributed by atoms with Crippen molar-refractivity contribution >= 4 is 39.5 Å². The van der Waals surface area contributed by atoms with E-state index in [1.54, 1.807) is 77.9 Å². The van der Waals surface area contributed by atoms with Crippen molar-refractivity contribution in [2.75, 3.05) is 72.0 Å². The van der Waals surface area contributed by atoms with E-state index >= 15 is 25.3 Å². The van der Waals surface area contributed by atoms with Crippen molar-refractivity contribution in [3.05, 3.63) is 115 Å². The summed E-state index contributed by atoms with van der Waals surface area (Å²) in [5, 5.41) is 16.9. The third-order valence-electron chi connectivity index (χ3n) is 13.5. The SMILES string of the molecule is Cc1cc(C)c(S(=O)(=O)NCCNCCCCNCCCCNCCCCNCCCCNCC(S(=O)(=O)c2c(C)cc(C)cc2C)(S(=O)(=O)c2c(C)cc(C)cc2C)S(=O)(=O)c2c(C)cc(C)cc2C)c(C)c1. The molecule has 0 spiro atoms. The quantitative estimate of drug-likeness (QED) is 0.0252. The molecule has 0 unspecified atom stereocenters. The van der Waals surface area contributed by atoms with E-state index in [4.69, 9.17) is 0 Å². The molecule has 0 aliphatic carbocycles. The second kappa shape index (κ2) is 28.2. The van der Waals surface area contributed by atoms with Crippen molar-refractivity contribution in [3.63, 3.8) is 0 Å². The first-order valence-electron chi connectivity index (χ1n) is 26.3. The Morgan fingerprint density at radius 3 is 0.770 bits per heavy atom. The molecular weight excluding hydrogens is 1010 g/mol. The van der Waals surface area contributed by atoms with Crippen LogP contribution in [0.1, 0.15) is 118 Å². The standard InChI is InChI=1S/C56H88N6O8S4/c1-40-31-44(5)52(45(6)32-40)71(63,64)56(72(65,66)53-46(7)33-41(2)34-47(53)8,73(67,68)54-48(9)35-42(3)36-49(54)10)39-61-28-20-19-26-59-24-16-15-22-57-21-13-14-23-58-25-17-18-27-60-29-30-62-74(69,70)55-50(11)37-43(4)38-51(55)12/h31-38,57-62H,13-30,39H2,1-12H3. The maximum absolute atomic E-state index is 15.7. The van der Waals surface area contributed by atoms with Crippen molar-refractivity contribution < 1.29 is 33.7 Å². The molecule has 0 saturated carbocycles. The second-order valence-corrected chi connectivity index (χ2v) is 29.3. The number of benzene rings is 4. The van der Waals surface area contributed by atoms with Crippen molar-refractivity contribution in [2.45, 2.75) is 157 Å². The Bertz CT molecular complexity index is 2690. The number of nitrogens with one attached hydrogen (secondary N) is 6. The highest BCUT2D eigenvalue weighted by Gasteiger charge is 2.67. The Morgan fingerprint density at radius 1 is 0.297 bits per heavy atom. The summed E-state index contributed by atoms with van der Waals surface area (Å²) in [5.41, 5.74) is 6.53.